The Morgan fingerprint density at radius 2 is 1.86 bits per heavy atom. The number of rotatable bonds is 5. The molecule has 0 fully saturated rings. The number of hydrogen-bond acceptors (Lipinski definition) is 3. The van der Waals surface area contributed by atoms with Crippen molar-refractivity contribution in [3.05, 3.63) is 59.9 Å². The van der Waals surface area contributed by atoms with Gasteiger partial charge in [0.1, 0.15) is 0 Å². The molecular formula is C16H17N3O2. The summed E-state index contributed by atoms with van der Waals surface area (Å²) in [5.41, 5.74) is 2.18. The Kier molecular flexibility index (Phi) is 5.04. The number of benzene rings is 1. The molecule has 0 radical (unpaired) electrons. The molecule has 0 saturated heterocycles. The number of carbonyl (C=O) groups excluding carboxylic acids is 2. The largest absolute Gasteiger partial charge is 0.352 e. The van der Waals surface area contributed by atoms with Gasteiger partial charge in [-0.1, -0.05) is 6.07 Å². The SMILES string of the molecule is CC(=O)Nc1ccc(C(=O)NCCc2ccccn2)cc1. The Morgan fingerprint density at radius 3 is 2.48 bits per heavy atom. The van der Waals surface area contributed by atoms with Gasteiger partial charge in [-0.2, -0.15) is 0 Å². The Labute approximate surface area is 123 Å². The summed E-state index contributed by atoms with van der Waals surface area (Å²) in [7, 11) is 0. The highest BCUT2D eigenvalue weighted by Gasteiger charge is 2.05. The van der Waals surface area contributed by atoms with E-state index in [9.17, 15) is 9.59 Å². The topological polar surface area (TPSA) is 71.1 Å². The van der Waals surface area contributed by atoms with Crippen LogP contribution in [0, 0.1) is 0 Å². The van der Waals surface area contributed by atoms with Crippen LogP contribution in [0.25, 0.3) is 0 Å². The number of aromatic nitrogens is 1. The van der Waals surface area contributed by atoms with E-state index in [0.29, 0.717) is 24.2 Å². The summed E-state index contributed by atoms with van der Waals surface area (Å²) in [6, 6.07) is 12.5. The van der Waals surface area contributed by atoms with Gasteiger partial charge in [0.25, 0.3) is 5.91 Å². The van der Waals surface area contributed by atoms with Crippen molar-refractivity contribution in [2.24, 2.45) is 0 Å². The van der Waals surface area contributed by atoms with Gasteiger partial charge in [0, 0.05) is 43.0 Å². The minimum Gasteiger partial charge on any atom is -0.352 e. The molecule has 108 valence electrons. The summed E-state index contributed by atoms with van der Waals surface area (Å²) in [5, 5.41) is 5.50. The van der Waals surface area contributed by atoms with Crippen molar-refractivity contribution >= 4 is 17.5 Å². The average molecular weight is 283 g/mol. The first-order chi connectivity index (χ1) is 10.1. The molecular weight excluding hydrogens is 266 g/mol. The van der Waals surface area contributed by atoms with E-state index >= 15 is 0 Å². The summed E-state index contributed by atoms with van der Waals surface area (Å²) < 4.78 is 0. The molecule has 0 saturated carbocycles. The maximum absolute atomic E-state index is 11.9. The lowest BCUT2D eigenvalue weighted by Gasteiger charge is -2.06. The van der Waals surface area contributed by atoms with Crippen LogP contribution in [0.5, 0.6) is 0 Å². The third-order valence-electron chi connectivity index (χ3n) is 2.86. The van der Waals surface area contributed by atoms with E-state index in [1.165, 1.54) is 6.92 Å². The maximum atomic E-state index is 11.9. The third-order valence-corrected chi connectivity index (χ3v) is 2.86. The van der Waals surface area contributed by atoms with Crippen molar-refractivity contribution < 1.29 is 9.59 Å². The monoisotopic (exact) mass is 283 g/mol. The van der Waals surface area contributed by atoms with E-state index in [2.05, 4.69) is 15.6 Å². The van der Waals surface area contributed by atoms with E-state index < -0.39 is 0 Å². The molecule has 0 unspecified atom stereocenters. The van der Waals surface area contributed by atoms with Crippen LogP contribution in [0.15, 0.2) is 48.7 Å². The van der Waals surface area contributed by atoms with E-state index in [1.807, 2.05) is 18.2 Å². The molecule has 0 aliphatic rings. The molecule has 0 spiro atoms. The Hall–Kier alpha value is -2.69. The second-order valence-electron chi connectivity index (χ2n) is 4.59. The minimum absolute atomic E-state index is 0.137. The van der Waals surface area contributed by atoms with Crippen LogP contribution >= 0.6 is 0 Å². The molecule has 5 heteroatoms. The quantitative estimate of drug-likeness (QED) is 0.881. The smallest absolute Gasteiger partial charge is 0.251 e. The van der Waals surface area contributed by atoms with Gasteiger partial charge < -0.3 is 10.6 Å². The van der Waals surface area contributed by atoms with Crippen molar-refractivity contribution in [3.63, 3.8) is 0 Å². The van der Waals surface area contributed by atoms with Gasteiger partial charge in [-0.25, -0.2) is 0 Å². The van der Waals surface area contributed by atoms with Crippen LogP contribution in [-0.2, 0) is 11.2 Å². The van der Waals surface area contributed by atoms with Gasteiger partial charge in [0.15, 0.2) is 0 Å². The van der Waals surface area contributed by atoms with Crippen molar-refractivity contribution in [3.8, 4) is 0 Å². The van der Waals surface area contributed by atoms with Gasteiger partial charge in [-0.05, 0) is 36.4 Å². The van der Waals surface area contributed by atoms with Gasteiger partial charge in [0.05, 0.1) is 0 Å². The average Bonchev–Trinajstić information content (AvgIpc) is 2.48. The molecule has 1 heterocycles. The second-order valence-corrected chi connectivity index (χ2v) is 4.59. The fraction of sp³-hybridized carbons (Fsp3) is 0.188. The molecule has 1 aromatic heterocycles. The zero-order valence-electron chi connectivity index (χ0n) is 11.8. The van der Waals surface area contributed by atoms with Crippen molar-refractivity contribution in [1.82, 2.24) is 10.3 Å². The number of nitrogens with zero attached hydrogens (tertiary/aromatic N) is 1. The van der Waals surface area contributed by atoms with Gasteiger partial charge in [0.2, 0.25) is 5.91 Å². The fourth-order valence-corrected chi connectivity index (χ4v) is 1.86. The Morgan fingerprint density at radius 1 is 1.10 bits per heavy atom. The summed E-state index contributed by atoms with van der Waals surface area (Å²) in [5.74, 6) is -0.275. The molecule has 0 bridgehead atoms. The van der Waals surface area contributed by atoms with E-state index in [1.54, 1.807) is 30.5 Å². The number of hydrogen-bond donors (Lipinski definition) is 2. The predicted octanol–water partition coefficient (Wildman–Crippen LogP) is 2.01. The van der Waals surface area contributed by atoms with Crippen LogP contribution in [0.2, 0.25) is 0 Å². The van der Waals surface area contributed by atoms with E-state index in [-0.39, 0.29) is 11.8 Å². The fourth-order valence-electron chi connectivity index (χ4n) is 1.86. The first kappa shape index (κ1) is 14.7. The van der Waals surface area contributed by atoms with Gasteiger partial charge >= 0.3 is 0 Å². The molecule has 1 aromatic carbocycles. The summed E-state index contributed by atoms with van der Waals surface area (Å²) in [4.78, 5) is 27.1. The Balaban J connectivity index is 1.84. The molecule has 0 atom stereocenters. The zero-order valence-corrected chi connectivity index (χ0v) is 11.8. The Bertz CT molecular complexity index is 609. The highest BCUT2D eigenvalue weighted by molar-refractivity contribution is 5.95. The summed E-state index contributed by atoms with van der Waals surface area (Å²) in [6.45, 7) is 1.97. The molecule has 0 aliphatic carbocycles. The lowest BCUT2D eigenvalue weighted by Crippen LogP contribution is -2.25. The normalized spacial score (nSPS) is 9.95. The third kappa shape index (κ3) is 4.72. The number of amides is 2. The van der Waals surface area contributed by atoms with E-state index in [0.717, 1.165) is 5.69 Å². The van der Waals surface area contributed by atoms with Crippen LogP contribution in [-0.4, -0.2) is 23.3 Å². The van der Waals surface area contributed by atoms with E-state index in [4.69, 9.17) is 0 Å². The lowest BCUT2D eigenvalue weighted by atomic mass is 10.2. The van der Waals surface area contributed by atoms with Crippen molar-refractivity contribution in [2.75, 3.05) is 11.9 Å². The number of anilines is 1. The van der Waals surface area contributed by atoms with Crippen LogP contribution in [0.3, 0.4) is 0 Å². The van der Waals surface area contributed by atoms with Crippen LogP contribution < -0.4 is 10.6 Å². The number of nitrogens with one attached hydrogen (secondary N) is 2. The van der Waals surface area contributed by atoms with Crippen LogP contribution in [0.4, 0.5) is 5.69 Å². The first-order valence-corrected chi connectivity index (χ1v) is 6.71. The second kappa shape index (κ2) is 7.19. The number of pyridine rings is 1. The summed E-state index contributed by atoms with van der Waals surface area (Å²) >= 11 is 0. The summed E-state index contributed by atoms with van der Waals surface area (Å²) in [6.07, 6.45) is 2.43. The highest BCUT2D eigenvalue weighted by Crippen LogP contribution is 2.09. The van der Waals surface area contributed by atoms with Crippen molar-refractivity contribution in [2.45, 2.75) is 13.3 Å². The highest BCUT2D eigenvalue weighted by atomic mass is 16.2. The molecule has 2 amide bonds. The van der Waals surface area contributed by atoms with Gasteiger partial charge in [-0.15, -0.1) is 0 Å². The predicted molar refractivity (Wildman–Crippen MR) is 81.0 cm³/mol. The molecule has 2 aromatic rings. The minimum atomic E-state index is -0.139. The first-order valence-electron chi connectivity index (χ1n) is 6.71. The molecule has 2 rings (SSSR count). The standard InChI is InChI=1S/C16H17N3O2/c1-12(20)19-15-7-5-13(6-8-15)16(21)18-11-9-14-4-2-3-10-17-14/h2-8,10H,9,11H2,1H3,(H,18,21)(H,19,20). The zero-order chi connectivity index (χ0) is 15.1. The molecule has 5 nitrogen and oxygen atoms in total. The lowest BCUT2D eigenvalue weighted by molar-refractivity contribution is -0.114. The molecule has 21 heavy (non-hydrogen) atoms. The number of carbonyl (C=O) groups is 2. The molecule has 0 aliphatic heterocycles. The van der Waals surface area contributed by atoms with Crippen LogP contribution in [0.1, 0.15) is 23.0 Å². The van der Waals surface area contributed by atoms with Gasteiger partial charge in [-0.3, -0.25) is 14.6 Å². The maximum Gasteiger partial charge on any atom is 0.251 e. The molecule has 2 N–H and O–H groups in total. The van der Waals surface area contributed by atoms with Crippen molar-refractivity contribution in [1.29, 1.82) is 0 Å².